The van der Waals surface area contributed by atoms with Crippen molar-refractivity contribution in [2.45, 2.75) is 13.3 Å². The summed E-state index contributed by atoms with van der Waals surface area (Å²) >= 11 is 0. The number of aliphatic hydroxyl groups excluding tert-OH is 1. The minimum absolute atomic E-state index is 0.00204. The Morgan fingerprint density at radius 3 is 2.08 bits per heavy atom. The molecule has 0 aliphatic carbocycles. The number of aliphatic hydroxyl groups is 1. The number of carbonyl (C=O) groups excluding carboxylic acids is 3. The number of hydrogen-bond acceptors (Lipinski definition) is 4. The molecule has 1 rings (SSSR count). The maximum absolute atomic E-state index is 11.2. The van der Waals surface area contributed by atoms with Crippen LogP contribution in [0.1, 0.15) is 13.3 Å². The molecule has 1 heterocycles. The smallest absolute Gasteiger partial charge is 0.328 e. The molecular formula is C7H10N2O4. The number of imide groups is 2. The molecule has 6 heteroatoms. The third-order valence-electron chi connectivity index (χ3n) is 2.07. The summed E-state index contributed by atoms with van der Waals surface area (Å²) in [6.45, 7) is 1.09. The van der Waals surface area contributed by atoms with E-state index < -0.39 is 23.3 Å². The summed E-state index contributed by atoms with van der Waals surface area (Å²) < 4.78 is 0. The Balaban J connectivity index is 2.89. The first-order chi connectivity index (χ1) is 6.00. The van der Waals surface area contributed by atoms with Gasteiger partial charge in [0.2, 0.25) is 11.8 Å². The summed E-state index contributed by atoms with van der Waals surface area (Å²) in [5.41, 5.74) is -1.34. The predicted molar refractivity (Wildman–Crippen MR) is 41.5 cm³/mol. The van der Waals surface area contributed by atoms with Crippen molar-refractivity contribution in [3.63, 3.8) is 0 Å². The van der Waals surface area contributed by atoms with Gasteiger partial charge in [0, 0.05) is 6.61 Å². The maximum Gasteiger partial charge on any atom is 0.328 e. The molecule has 0 saturated carbocycles. The Morgan fingerprint density at radius 1 is 1.23 bits per heavy atom. The minimum Gasteiger partial charge on any atom is -0.396 e. The second-order valence-electron chi connectivity index (χ2n) is 3.04. The van der Waals surface area contributed by atoms with Gasteiger partial charge in [0.15, 0.2) is 0 Å². The largest absolute Gasteiger partial charge is 0.396 e. The number of carbonyl (C=O) groups is 3. The SMILES string of the molecule is CC1(CCO)C(=O)NC(=O)NC1=O. The van der Waals surface area contributed by atoms with Crippen molar-refractivity contribution in [3.05, 3.63) is 0 Å². The van der Waals surface area contributed by atoms with Crippen LogP contribution in [0.4, 0.5) is 4.79 Å². The normalized spacial score (nSPS) is 20.9. The first-order valence-electron chi connectivity index (χ1n) is 3.78. The Morgan fingerprint density at radius 2 is 1.69 bits per heavy atom. The molecule has 1 fully saturated rings. The Labute approximate surface area is 74.3 Å². The first-order valence-corrected chi connectivity index (χ1v) is 3.78. The molecule has 1 saturated heterocycles. The zero-order valence-corrected chi connectivity index (χ0v) is 7.09. The third-order valence-corrected chi connectivity index (χ3v) is 2.07. The summed E-state index contributed by atoms with van der Waals surface area (Å²) in [5.74, 6) is -1.34. The van der Waals surface area contributed by atoms with Gasteiger partial charge in [-0.05, 0) is 13.3 Å². The Hall–Kier alpha value is -1.43. The maximum atomic E-state index is 11.2. The van der Waals surface area contributed by atoms with Gasteiger partial charge in [0.25, 0.3) is 0 Å². The molecule has 3 N–H and O–H groups in total. The summed E-state index contributed by atoms with van der Waals surface area (Å²) in [6, 6.07) is -0.814. The van der Waals surface area contributed by atoms with Crippen LogP contribution in [-0.4, -0.2) is 29.6 Å². The highest BCUT2D eigenvalue weighted by Crippen LogP contribution is 2.23. The fraction of sp³-hybridized carbons (Fsp3) is 0.571. The van der Waals surface area contributed by atoms with Gasteiger partial charge >= 0.3 is 6.03 Å². The van der Waals surface area contributed by atoms with Crippen LogP contribution in [0.2, 0.25) is 0 Å². The van der Waals surface area contributed by atoms with Gasteiger partial charge in [-0.2, -0.15) is 0 Å². The van der Waals surface area contributed by atoms with Crippen LogP contribution in [0.25, 0.3) is 0 Å². The van der Waals surface area contributed by atoms with E-state index in [-0.39, 0.29) is 13.0 Å². The van der Waals surface area contributed by atoms with E-state index in [9.17, 15) is 14.4 Å². The molecule has 72 valence electrons. The molecule has 0 atom stereocenters. The average Bonchev–Trinajstić information content (AvgIpc) is 2.01. The van der Waals surface area contributed by atoms with Crippen molar-refractivity contribution in [1.29, 1.82) is 0 Å². The molecule has 0 aromatic heterocycles. The van der Waals surface area contributed by atoms with Crippen LogP contribution in [-0.2, 0) is 9.59 Å². The van der Waals surface area contributed by atoms with Crippen molar-refractivity contribution < 1.29 is 19.5 Å². The van der Waals surface area contributed by atoms with E-state index in [1.54, 1.807) is 0 Å². The fourth-order valence-corrected chi connectivity index (χ4v) is 1.07. The number of rotatable bonds is 2. The van der Waals surface area contributed by atoms with Gasteiger partial charge in [-0.1, -0.05) is 0 Å². The molecule has 13 heavy (non-hydrogen) atoms. The second kappa shape index (κ2) is 3.14. The zero-order valence-electron chi connectivity index (χ0n) is 7.09. The van der Waals surface area contributed by atoms with E-state index in [2.05, 4.69) is 0 Å². The van der Waals surface area contributed by atoms with Gasteiger partial charge < -0.3 is 5.11 Å². The van der Waals surface area contributed by atoms with Crippen molar-refractivity contribution in [2.75, 3.05) is 6.61 Å². The zero-order chi connectivity index (χ0) is 10.1. The molecule has 4 amide bonds. The lowest BCUT2D eigenvalue weighted by Crippen LogP contribution is -2.61. The van der Waals surface area contributed by atoms with Crippen LogP contribution < -0.4 is 10.6 Å². The predicted octanol–water partition coefficient (Wildman–Crippen LogP) is -1.26. The van der Waals surface area contributed by atoms with Gasteiger partial charge in [-0.3, -0.25) is 20.2 Å². The van der Waals surface area contributed by atoms with Gasteiger partial charge in [0.1, 0.15) is 5.41 Å². The van der Waals surface area contributed by atoms with Crippen LogP contribution in [0, 0.1) is 5.41 Å². The van der Waals surface area contributed by atoms with E-state index in [0.29, 0.717) is 0 Å². The number of urea groups is 1. The molecule has 6 nitrogen and oxygen atoms in total. The molecule has 1 aliphatic heterocycles. The quantitative estimate of drug-likeness (QED) is 0.469. The average molecular weight is 186 g/mol. The highest BCUT2D eigenvalue weighted by molar-refractivity contribution is 6.18. The van der Waals surface area contributed by atoms with E-state index in [0.717, 1.165) is 0 Å². The monoisotopic (exact) mass is 186 g/mol. The van der Waals surface area contributed by atoms with Crippen molar-refractivity contribution >= 4 is 17.8 Å². The van der Waals surface area contributed by atoms with Gasteiger partial charge in [0.05, 0.1) is 0 Å². The van der Waals surface area contributed by atoms with Crippen LogP contribution in [0.15, 0.2) is 0 Å². The standard InChI is InChI=1S/C7H10N2O4/c1-7(2-3-10)4(11)8-6(13)9-5(7)12/h10H,2-3H2,1H3,(H2,8,9,11,12,13). The number of barbiturate groups is 1. The molecule has 0 spiro atoms. The molecular weight excluding hydrogens is 176 g/mol. The van der Waals surface area contributed by atoms with E-state index in [1.165, 1.54) is 6.92 Å². The first kappa shape index (κ1) is 9.66. The Bertz CT molecular complexity index is 254. The summed E-state index contributed by atoms with van der Waals surface area (Å²) in [5, 5.41) is 12.6. The number of amides is 4. The molecule has 0 unspecified atom stereocenters. The highest BCUT2D eigenvalue weighted by Gasteiger charge is 2.45. The number of hydrogen-bond donors (Lipinski definition) is 3. The topological polar surface area (TPSA) is 95.5 Å². The molecule has 0 aromatic carbocycles. The molecule has 1 aliphatic rings. The van der Waals surface area contributed by atoms with Gasteiger partial charge in [-0.25, -0.2) is 4.79 Å². The lowest BCUT2D eigenvalue weighted by molar-refractivity contribution is -0.144. The van der Waals surface area contributed by atoms with Crippen LogP contribution >= 0.6 is 0 Å². The molecule has 0 aromatic rings. The number of nitrogens with one attached hydrogen (secondary N) is 2. The van der Waals surface area contributed by atoms with E-state index in [4.69, 9.17) is 5.11 Å². The van der Waals surface area contributed by atoms with E-state index >= 15 is 0 Å². The Kier molecular flexibility index (Phi) is 2.33. The van der Waals surface area contributed by atoms with Crippen LogP contribution in [0.3, 0.4) is 0 Å². The highest BCUT2D eigenvalue weighted by atomic mass is 16.3. The fourth-order valence-electron chi connectivity index (χ4n) is 1.07. The van der Waals surface area contributed by atoms with E-state index in [1.807, 2.05) is 10.6 Å². The summed E-state index contributed by atoms with van der Waals surface area (Å²) in [6.07, 6.45) is -0.00204. The lowest BCUT2D eigenvalue weighted by Gasteiger charge is -2.29. The second-order valence-corrected chi connectivity index (χ2v) is 3.04. The van der Waals surface area contributed by atoms with Crippen LogP contribution in [0.5, 0.6) is 0 Å². The summed E-state index contributed by atoms with van der Waals surface area (Å²) in [4.78, 5) is 33.1. The lowest BCUT2D eigenvalue weighted by atomic mass is 9.84. The molecule has 0 radical (unpaired) electrons. The van der Waals surface area contributed by atoms with Crippen molar-refractivity contribution in [2.24, 2.45) is 5.41 Å². The van der Waals surface area contributed by atoms with Crippen molar-refractivity contribution in [1.82, 2.24) is 10.6 Å². The summed E-state index contributed by atoms with van der Waals surface area (Å²) in [7, 11) is 0. The molecule has 0 bridgehead atoms. The van der Waals surface area contributed by atoms with Gasteiger partial charge in [-0.15, -0.1) is 0 Å². The van der Waals surface area contributed by atoms with Crippen molar-refractivity contribution in [3.8, 4) is 0 Å². The third kappa shape index (κ3) is 1.52. The minimum atomic E-state index is -1.34.